The first-order valence-corrected chi connectivity index (χ1v) is 7.92. The van der Waals surface area contributed by atoms with E-state index in [0.717, 1.165) is 35.5 Å². The first kappa shape index (κ1) is 14.2. The lowest BCUT2D eigenvalue weighted by atomic mass is 10.0. The third-order valence-electron chi connectivity index (χ3n) is 4.62. The fourth-order valence-electron chi connectivity index (χ4n) is 3.22. The standard InChI is InChI=1S/C18H20N4O/c1-11-8-14-15(9-19-11)20-10-21-18(14)23-17-5-4-16-13(12(17)2)6-7-22(16)3/h4-7,10-11,19H,8-9H2,1-3H3/t11-/m0/s1. The highest BCUT2D eigenvalue weighted by molar-refractivity contribution is 5.85. The SMILES string of the molecule is Cc1c(Oc2ncnc3c2C[C@H](C)NC3)ccc2c1ccn2C. The predicted molar refractivity (Wildman–Crippen MR) is 89.8 cm³/mol. The summed E-state index contributed by atoms with van der Waals surface area (Å²) in [6, 6.07) is 6.65. The van der Waals surface area contributed by atoms with Crippen molar-refractivity contribution < 1.29 is 4.74 Å². The first-order valence-electron chi connectivity index (χ1n) is 7.92. The fourth-order valence-corrected chi connectivity index (χ4v) is 3.22. The molecule has 1 N–H and O–H groups in total. The molecule has 1 atom stereocenters. The van der Waals surface area contributed by atoms with E-state index in [1.807, 2.05) is 6.07 Å². The highest BCUT2D eigenvalue weighted by atomic mass is 16.5. The van der Waals surface area contributed by atoms with Crippen LogP contribution >= 0.6 is 0 Å². The van der Waals surface area contributed by atoms with E-state index in [2.05, 4.69) is 59.1 Å². The van der Waals surface area contributed by atoms with Gasteiger partial charge in [-0.15, -0.1) is 0 Å². The number of fused-ring (bicyclic) bond motifs is 2. The van der Waals surface area contributed by atoms with Gasteiger partial charge in [0.25, 0.3) is 0 Å². The first-order chi connectivity index (χ1) is 11.1. The van der Waals surface area contributed by atoms with Crippen LogP contribution in [0.3, 0.4) is 0 Å². The number of hydrogen-bond donors (Lipinski definition) is 1. The lowest BCUT2D eigenvalue weighted by molar-refractivity contribution is 0.428. The second kappa shape index (κ2) is 5.35. The summed E-state index contributed by atoms with van der Waals surface area (Å²) in [4.78, 5) is 8.76. The number of rotatable bonds is 2. The third-order valence-corrected chi connectivity index (χ3v) is 4.62. The molecule has 0 fully saturated rings. The number of benzene rings is 1. The van der Waals surface area contributed by atoms with Crippen LogP contribution in [0.4, 0.5) is 0 Å². The molecule has 0 bridgehead atoms. The van der Waals surface area contributed by atoms with Gasteiger partial charge < -0.3 is 14.6 Å². The highest BCUT2D eigenvalue weighted by Gasteiger charge is 2.21. The molecule has 0 amide bonds. The largest absolute Gasteiger partial charge is 0.438 e. The second-order valence-corrected chi connectivity index (χ2v) is 6.24. The van der Waals surface area contributed by atoms with Crippen molar-refractivity contribution in [3.05, 3.63) is 47.5 Å². The molecular formula is C18H20N4O. The van der Waals surface area contributed by atoms with Crippen LogP contribution < -0.4 is 10.1 Å². The third kappa shape index (κ3) is 2.37. The van der Waals surface area contributed by atoms with E-state index in [4.69, 9.17) is 4.74 Å². The summed E-state index contributed by atoms with van der Waals surface area (Å²) >= 11 is 0. The molecule has 3 aromatic rings. The van der Waals surface area contributed by atoms with Gasteiger partial charge in [0.15, 0.2) is 0 Å². The molecule has 1 aliphatic rings. The Morgan fingerprint density at radius 2 is 2.13 bits per heavy atom. The second-order valence-electron chi connectivity index (χ2n) is 6.24. The lowest BCUT2D eigenvalue weighted by Crippen LogP contribution is -2.33. The van der Waals surface area contributed by atoms with Gasteiger partial charge in [-0.1, -0.05) is 0 Å². The Balaban J connectivity index is 1.75. The molecule has 23 heavy (non-hydrogen) atoms. The summed E-state index contributed by atoms with van der Waals surface area (Å²) in [6.45, 7) is 5.03. The normalized spacial score (nSPS) is 17.3. The van der Waals surface area contributed by atoms with E-state index >= 15 is 0 Å². The minimum atomic E-state index is 0.411. The van der Waals surface area contributed by atoms with E-state index in [1.165, 1.54) is 10.9 Å². The zero-order chi connectivity index (χ0) is 16.0. The molecule has 5 nitrogen and oxygen atoms in total. The van der Waals surface area contributed by atoms with Crippen LogP contribution in [0.5, 0.6) is 11.6 Å². The molecule has 4 rings (SSSR count). The zero-order valence-corrected chi connectivity index (χ0v) is 13.6. The maximum atomic E-state index is 6.19. The molecule has 0 spiro atoms. The monoisotopic (exact) mass is 308 g/mol. The van der Waals surface area contributed by atoms with E-state index in [9.17, 15) is 0 Å². The summed E-state index contributed by atoms with van der Waals surface area (Å²) in [5, 5.41) is 4.63. The van der Waals surface area contributed by atoms with E-state index in [0.29, 0.717) is 11.9 Å². The van der Waals surface area contributed by atoms with Crippen LogP contribution in [0.15, 0.2) is 30.7 Å². The summed E-state index contributed by atoms with van der Waals surface area (Å²) in [6.07, 6.45) is 4.54. The molecule has 1 aliphatic heterocycles. The maximum Gasteiger partial charge on any atom is 0.225 e. The number of aryl methyl sites for hydroxylation is 2. The summed E-state index contributed by atoms with van der Waals surface area (Å²) in [5.41, 5.74) is 4.49. The summed E-state index contributed by atoms with van der Waals surface area (Å²) in [7, 11) is 2.05. The Bertz CT molecular complexity index is 884. The Labute approximate surface area is 135 Å². The highest BCUT2D eigenvalue weighted by Crippen LogP contribution is 2.33. The van der Waals surface area contributed by atoms with Crippen molar-refractivity contribution in [3.8, 4) is 11.6 Å². The van der Waals surface area contributed by atoms with E-state index < -0.39 is 0 Å². The fraction of sp³-hybridized carbons (Fsp3) is 0.333. The quantitative estimate of drug-likeness (QED) is 0.790. The van der Waals surface area contributed by atoms with Crippen molar-refractivity contribution in [3.63, 3.8) is 0 Å². The smallest absolute Gasteiger partial charge is 0.225 e. The van der Waals surface area contributed by atoms with Gasteiger partial charge in [0, 0.05) is 47.9 Å². The van der Waals surface area contributed by atoms with Crippen LogP contribution in [-0.2, 0) is 20.0 Å². The van der Waals surface area contributed by atoms with Gasteiger partial charge in [-0.2, -0.15) is 0 Å². The predicted octanol–water partition coefficient (Wildman–Crippen LogP) is 3.10. The molecule has 5 heteroatoms. The number of ether oxygens (including phenoxy) is 1. The minimum absolute atomic E-state index is 0.411. The molecule has 0 aliphatic carbocycles. The molecule has 1 aromatic carbocycles. The van der Waals surface area contributed by atoms with Crippen molar-refractivity contribution in [1.29, 1.82) is 0 Å². The van der Waals surface area contributed by atoms with Gasteiger partial charge in [0.2, 0.25) is 5.88 Å². The zero-order valence-electron chi connectivity index (χ0n) is 13.6. The summed E-state index contributed by atoms with van der Waals surface area (Å²) < 4.78 is 8.30. The molecule has 3 heterocycles. The number of hydrogen-bond acceptors (Lipinski definition) is 4. The molecule has 118 valence electrons. The van der Waals surface area contributed by atoms with Crippen molar-refractivity contribution in [2.75, 3.05) is 0 Å². The van der Waals surface area contributed by atoms with Crippen molar-refractivity contribution >= 4 is 10.9 Å². The molecule has 0 radical (unpaired) electrons. The molecule has 0 saturated carbocycles. The van der Waals surface area contributed by atoms with Crippen molar-refractivity contribution in [2.24, 2.45) is 7.05 Å². The number of nitrogens with one attached hydrogen (secondary N) is 1. The van der Waals surface area contributed by atoms with Crippen molar-refractivity contribution in [2.45, 2.75) is 32.9 Å². The molecule has 0 saturated heterocycles. The average molecular weight is 308 g/mol. The Morgan fingerprint density at radius 1 is 1.26 bits per heavy atom. The van der Waals surface area contributed by atoms with Gasteiger partial charge in [-0.05, 0) is 38.5 Å². The van der Waals surface area contributed by atoms with Crippen LogP contribution in [0.25, 0.3) is 10.9 Å². The van der Waals surface area contributed by atoms with Crippen molar-refractivity contribution in [1.82, 2.24) is 19.9 Å². The average Bonchev–Trinajstić information content (AvgIpc) is 2.92. The minimum Gasteiger partial charge on any atom is -0.438 e. The molecule has 2 aromatic heterocycles. The van der Waals surface area contributed by atoms with E-state index in [1.54, 1.807) is 6.33 Å². The van der Waals surface area contributed by atoms with Crippen LogP contribution in [0.2, 0.25) is 0 Å². The lowest BCUT2D eigenvalue weighted by Gasteiger charge is -2.23. The van der Waals surface area contributed by atoms with Crippen LogP contribution in [-0.4, -0.2) is 20.6 Å². The Morgan fingerprint density at radius 3 is 3.00 bits per heavy atom. The van der Waals surface area contributed by atoms with Crippen LogP contribution in [0, 0.1) is 6.92 Å². The number of aromatic nitrogens is 3. The van der Waals surface area contributed by atoms with Gasteiger partial charge in [0.05, 0.1) is 5.69 Å². The maximum absolute atomic E-state index is 6.19. The van der Waals surface area contributed by atoms with Gasteiger partial charge >= 0.3 is 0 Å². The number of nitrogens with zero attached hydrogens (tertiary/aromatic N) is 3. The molecular weight excluding hydrogens is 288 g/mol. The Kier molecular flexibility index (Phi) is 3.31. The van der Waals surface area contributed by atoms with E-state index in [-0.39, 0.29) is 0 Å². The van der Waals surface area contributed by atoms with Gasteiger partial charge in [0.1, 0.15) is 12.1 Å². The molecule has 0 unspecified atom stereocenters. The van der Waals surface area contributed by atoms with Gasteiger partial charge in [-0.25, -0.2) is 9.97 Å². The summed E-state index contributed by atoms with van der Waals surface area (Å²) in [5.74, 6) is 1.54. The van der Waals surface area contributed by atoms with Gasteiger partial charge in [-0.3, -0.25) is 0 Å². The Hall–Kier alpha value is -2.40. The van der Waals surface area contributed by atoms with Crippen LogP contribution in [0.1, 0.15) is 23.7 Å². The topological polar surface area (TPSA) is 52.0 Å².